The molecular formula is C9H21N3O2S. The van der Waals surface area contributed by atoms with E-state index in [1.54, 1.807) is 7.05 Å². The minimum atomic E-state index is -3.30. The molecule has 0 atom stereocenters. The van der Waals surface area contributed by atoms with Crippen molar-refractivity contribution in [3.05, 3.63) is 0 Å². The van der Waals surface area contributed by atoms with Gasteiger partial charge in [0.15, 0.2) is 0 Å². The summed E-state index contributed by atoms with van der Waals surface area (Å²) in [6.07, 6.45) is 2.92. The maximum absolute atomic E-state index is 11.7. The SMILES string of the molecule is CN(CCCN)S(=O)(=O)NCC1(C)CC1. The number of nitrogens with zero attached hydrogens (tertiary/aromatic N) is 1. The fourth-order valence-corrected chi connectivity index (χ4v) is 2.32. The van der Waals surface area contributed by atoms with E-state index >= 15 is 0 Å². The number of nitrogens with one attached hydrogen (secondary N) is 1. The van der Waals surface area contributed by atoms with Crippen LogP contribution in [0.15, 0.2) is 0 Å². The Hall–Kier alpha value is -0.170. The molecule has 1 rings (SSSR count). The lowest BCUT2D eigenvalue weighted by molar-refractivity contribution is 0.441. The van der Waals surface area contributed by atoms with E-state index in [9.17, 15) is 8.42 Å². The van der Waals surface area contributed by atoms with Crippen LogP contribution in [0.1, 0.15) is 26.2 Å². The second-order valence-corrected chi connectivity index (χ2v) is 6.46. The van der Waals surface area contributed by atoms with Crippen LogP contribution < -0.4 is 10.5 Å². The van der Waals surface area contributed by atoms with Crippen LogP contribution >= 0.6 is 0 Å². The highest BCUT2D eigenvalue weighted by Gasteiger charge is 2.38. The van der Waals surface area contributed by atoms with Gasteiger partial charge in [-0.2, -0.15) is 12.7 Å². The fourth-order valence-electron chi connectivity index (χ4n) is 1.20. The molecule has 0 aliphatic heterocycles. The Morgan fingerprint density at radius 2 is 2.07 bits per heavy atom. The molecule has 0 aromatic rings. The first kappa shape index (κ1) is 12.9. The summed E-state index contributed by atoms with van der Waals surface area (Å²) in [4.78, 5) is 0. The van der Waals surface area contributed by atoms with Crippen LogP contribution in [0.25, 0.3) is 0 Å². The maximum Gasteiger partial charge on any atom is 0.279 e. The summed E-state index contributed by atoms with van der Waals surface area (Å²) in [6, 6.07) is 0. The van der Waals surface area contributed by atoms with E-state index in [1.807, 2.05) is 0 Å². The summed E-state index contributed by atoms with van der Waals surface area (Å²) in [5.41, 5.74) is 5.53. The van der Waals surface area contributed by atoms with Crippen LogP contribution in [0.4, 0.5) is 0 Å². The number of nitrogens with two attached hydrogens (primary N) is 1. The number of rotatable bonds is 7. The second kappa shape index (κ2) is 4.78. The first-order valence-corrected chi connectivity index (χ1v) is 6.75. The van der Waals surface area contributed by atoms with Gasteiger partial charge < -0.3 is 5.73 Å². The minimum absolute atomic E-state index is 0.196. The maximum atomic E-state index is 11.7. The first-order chi connectivity index (χ1) is 6.90. The molecule has 6 heteroatoms. The summed E-state index contributed by atoms with van der Waals surface area (Å²) in [7, 11) is -1.72. The van der Waals surface area contributed by atoms with E-state index in [4.69, 9.17) is 5.73 Å². The smallest absolute Gasteiger partial charge is 0.279 e. The largest absolute Gasteiger partial charge is 0.330 e. The highest BCUT2D eigenvalue weighted by molar-refractivity contribution is 7.87. The predicted octanol–water partition coefficient (Wildman–Crippen LogP) is -0.0985. The quantitative estimate of drug-likeness (QED) is 0.647. The molecule has 0 aromatic carbocycles. The van der Waals surface area contributed by atoms with Gasteiger partial charge in [-0.05, 0) is 31.2 Å². The zero-order valence-electron chi connectivity index (χ0n) is 9.49. The van der Waals surface area contributed by atoms with E-state index in [0.717, 1.165) is 12.8 Å². The van der Waals surface area contributed by atoms with Crippen molar-refractivity contribution in [2.24, 2.45) is 11.1 Å². The van der Waals surface area contributed by atoms with Crippen molar-refractivity contribution in [3.63, 3.8) is 0 Å². The Morgan fingerprint density at radius 1 is 1.47 bits per heavy atom. The Morgan fingerprint density at radius 3 is 2.53 bits per heavy atom. The second-order valence-electron chi connectivity index (χ2n) is 4.60. The third kappa shape index (κ3) is 4.06. The first-order valence-electron chi connectivity index (χ1n) is 5.31. The van der Waals surface area contributed by atoms with Gasteiger partial charge in [0, 0.05) is 20.1 Å². The monoisotopic (exact) mass is 235 g/mol. The molecule has 1 aliphatic rings. The zero-order valence-corrected chi connectivity index (χ0v) is 10.3. The summed E-state index contributed by atoms with van der Waals surface area (Å²) in [5, 5.41) is 0. The van der Waals surface area contributed by atoms with Gasteiger partial charge in [0.05, 0.1) is 0 Å². The summed E-state index contributed by atoms with van der Waals surface area (Å²) < 4.78 is 27.3. The normalized spacial score (nSPS) is 19.5. The van der Waals surface area contributed by atoms with E-state index in [1.165, 1.54) is 4.31 Å². The van der Waals surface area contributed by atoms with Gasteiger partial charge >= 0.3 is 0 Å². The highest BCUT2D eigenvalue weighted by atomic mass is 32.2. The number of hydrogen-bond acceptors (Lipinski definition) is 3. The fraction of sp³-hybridized carbons (Fsp3) is 1.00. The zero-order chi connectivity index (χ0) is 11.5. The molecule has 0 spiro atoms. The van der Waals surface area contributed by atoms with E-state index < -0.39 is 10.2 Å². The lowest BCUT2D eigenvalue weighted by atomic mass is 10.2. The summed E-state index contributed by atoms with van der Waals surface area (Å²) in [5.74, 6) is 0. The standard InChI is InChI=1S/C9H21N3O2S/c1-9(4-5-9)8-11-15(13,14)12(2)7-3-6-10/h11H,3-8,10H2,1-2H3. The van der Waals surface area contributed by atoms with Gasteiger partial charge in [0.1, 0.15) is 0 Å². The van der Waals surface area contributed by atoms with Gasteiger partial charge in [-0.3, -0.25) is 0 Å². The molecule has 0 saturated heterocycles. The Bertz CT molecular complexity index is 298. The van der Waals surface area contributed by atoms with Crippen molar-refractivity contribution in [2.75, 3.05) is 26.7 Å². The third-order valence-corrected chi connectivity index (χ3v) is 4.38. The average Bonchev–Trinajstić information content (AvgIpc) is 2.91. The Labute approximate surface area is 92.2 Å². The van der Waals surface area contributed by atoms with Crippen molar-refractivity contribution in [1.82, 2.24) is 9.03 Å². The van der Waals surface area contributed by atoms with E-state index in [0.29, 0.717) is 26.1 Å². The van der Waals surface area contributed by atoms with Crippen LogP contribution in [0.5, 0.6) is 0 Å². The van der Waals surface area contributed by atoms with Gasteiger partial charge in [-0.15, -0.1) is 0 Å². The molecule has 0 heterocycles. The molecule has 90 valence electrons. The molecule has 0 unspecified atom stereocenters. The van der Waals surface area contributed by atoms with Crippen LogP contribution in [0, 0.1) is 5.41 Å². The van der Waals surface area contributed by atoms with Crippen molar-refractivity contribution >= 4 is 10.2 Å². The molecule has 0 amide bonds. The van der Waals surface area contributed by atoms with E-state index in [2.05, 4.69) is 11.6 Å². The van der Waals surface area contributed by atoms with Crippen molar-refractivity contribution in [3.8, 4) is 0 Å². The predicted molar refractivity (Wildman–Crippen MR) is 60.6 cm³/mol. The summed E-state index contributed by atoms with van der Waals surface area (Å²) >= 11 is 0. The van der Waals surface area contributed by atoms with Gasteiger partial charge in [-0.25, -0.2) is 4.72 Å². The summed E-state index contributed by atoms with van der Waals surface area (Å²) in [6.45, 7) is 3.62. The molecule has 0 aromatic heterocycles. The minimum Gasteiger partial charge on any atom is -0.330 e. The van der Waals surface area contributed by atoms with Crippen LogP contribution in [-0.2, 0) is 10.2 Å². The molecule has 1 saturated carbocycles. The van der Waals surface area contributed by atoms with Gasteiger partial charge in [-0.1, -0.05) is 6.92 Å². The molecular weight excluding hydrogens is 214 g/mol. The van der Waals surface area contributed by atoms with E-state index in [-0.39, 0.29) is 5.41 Å². The van der Waals surface area contributed by atoms with Crippen LogP contribution in [-0.4, -0.2) is 39.4 Å². The Balaban J connectivity index is 2.36. The molecule has 5 nitrogen and oxygen atoms in total. The molecule has 15 heavy (non-hydrogen) atoms. The Kier molecular flexibility index (Phi) is 4.11. The highest BCUT2D eigenvalue weighted by Crippen LogP contribution is 2.44. The van der Waals surface area contributed by atoms with Crippen molar-refractivity contribution in [2.45, 2.75) is 26.2 Å². The number of hydrogen-bond donors (Lipinski definition) is 2. The third-order valence-electron chi connectivity index (χ3n) is 2.87. The van der Waals surface area contributed by atoms with Crippen molar-refractivity contribution < 1.29 is 8.42 Å². The van der Waals surface area contributed by atoms with Crippen molar-refractivity contribution in [1.29, 1.82) is 0 Å². The molecule has 0 radical (unpaired) electrons. The molecule has 1 fully saturated rings. The molecule has 3 N–H and O–H groups in total. The van der Waals surface area contributed by atoms with Crippen LogP contribution in [0.2, 0.25) is 0 Å². The molecule has 1 aliphatic carbocycles. The molecule has 0 bridgehead atoms. The average molecular weight is 235 g/mol. The topological polar surface area (TPSA) is 75.4 Å². The van der Waals surface area contributed by atoms with Gasteiger partial charge in [0.25, 0.3) is 10.2 Å². The lowest BCUT2D eigenvalue weighted by Crippen LogP contribution is -2.41. The van der Waals surface area contributed by atoms with Crippen LogP contribution in [0.3, 0.4) is 0 Å². The van der Waals surface area contributed by atoms with Gasteiger partial charge in [0.2, 0.25) is 0 Å². The lowest BCUT2D eigenvalue weighted by Gasteiger charge is -2.18.